The van der Waals surface area contributed by atoms with E-state index in [1.807, 2.05) is 78.4 Å². The first-order chi connectivity index (χ1) is 14.1. The lowest BCUT2D eigenvalue weighted by molar-refractivity contribution is -0.127. The minimum absolute atomic E-state index is 0.146. The summed E-state index contributed by atoms with van der Waals surface area (Å²) >= 11 is 0. The number of hydrogen-bond donors (Lipinski definition) is 1. The Morgan fingerprint density at radius 3 is 2.55 bits per heavy atom. The highest BCUT2D eigenvalue weighted by Crippen LogP contribution is 2.21. The third-order valence-electron chi connectivity index (χ3n) is 4.91. The van der Waals surface area contributed by atoms with Crippen molar-refractivity contribution in [2.24, 2.45) is 0 Å². The van der Waals surface area contributed by atoms with Crippen LogP contribution in [0.4, 0.5) is 0 Å². The van der Waals surface area contributed by atoms with Crippen molar-refractivity contribution in [3.8, 4) is 11.4 Å². The van der Waals surface area contributed by atoms with E-state index in [0.717, 1.165) is 27.8 Å². The van der Waals surface area contributed by atoms with Crippen LogP contribution in [0.2, 0.25) is 0 Å². The average molecular weight is 385 g/mol. The molecule has 0 aliphatic heterocycles. The third kappa shape index (κ3) is 4.29. The molecule has 0 bridgehead atoms. The molecule has 1 amide bonds. The number of nitrogens with zero attached hydrogens (tertiary/aromatic N) is 2. The second-order valence-electron chi connectivity index (χ2n) is 7.00. The summed E-state index contributed by atoms with van der Waals surface area (Å²) in [4.78, 5) is 16.7. The van der Waals surface area contributed by atoms with E-state index in [2.05, 4.69) is 16.4 Å². The Morgan fingerprint density at radius 1 is 1.07 bits per heavy atom. The lowest BCUT2D eigenvalue weighted by Crippen LogP contribution is -2.35. The van der Waals surface area contributed by atoms with Crippen LogP contribution in [0.1, 0.15) is 18.3 Å². The molecule has 0 aliphatic rings. The van der Waals surface area contributed by atoms with Gasteiger partial charge >= 0.3 is 0 Å². The van der Waals surface area contributed by atoms with Crippen molar-refractivity contribution in [1.82, 2.24) is 14.9 Å². The number of carbonyl (C=O) groups is 1. The second kappa shape index (κ2) is 8.19. The summed E-state index contributed by atoms with van der Waals surface area (Å²) in [6, 6.07) is 22.0. The highest BCUT2D eigenvalue weighted by atomic mass is 16.5. The van der Waals surface area contributed by atoms with Crippen LogP contribution in [0.25, 0.3) is 16.5 Å². The van der Waals surface area contributed by atoms with Gasteiger partial charge in [-0.25, -0.2) is 4.98 Å². The van der Waals surface area contributed by atoms with Gasteiger partial charge < -0.3 is 14.6 Å². The zero-order chi connectivity index (χ0) is 20.2. The van der Waals surface area contributed by atoms with Gasteiger partial charge in [-0.2, -0.15) is 0 Å². The largest absolute Gasteiger partial charge is 0.481 e. The van der Waals surface area contributed by atoms with E-state index in [1.54, 1.807) is 13.1 Å². The number of benzene rings is 3. The maximum absolute atomic E-state index is 12.4. The van der Waals surface area contributed by atoms with Gasteiger partial charge in [0.25, 0.3) is 5.91 Å². The van der Waals surface area contributed by atoms with Crippen LogP contribution < -0.4 is 10.1 Å². The van der Waals surface area contributed by atoms with Crippen LogP contribution in [0.5, 0.6) is 5.75 Å². The lowest BCUT2D eigenvalue weighted by atomic mass is 10.1. The maximum Gasteiger partial charge on any atom is 0.261 e. The van der Waals surface area contributed by atoms with Crippen LogP contribution >= 0.6 is 0 Å². The van der Waals surface area contributed by atoms with Gasteiger partial charge in [-0.15, -0.1) is 0 Å². The van der Waals surface area contributed by atoms with E-state index < -0.39 is 6.10 Å². The molecule has 0 unspecified atom stereocenters. The second-order valence-corrected chi connectivity index (χ2v) is 7.00. The van der Waals surface area contributed by atoms with Crippen LogP contribution in [-0.4, -0.2) is 21.6 Å². The molecule has 0 radical (unpaired) electrons. The first kappa shape index (κ1) is 18.7. The Kier molecular flexibility index (Phi) is 5.29. The van der Waals surface area contributed by atoms with Gasteiger partial charge in [-0.3, -0.25) is 4.79 Å². The van der Waals surface area contributed by atoms with E-state index in [1.165, 1.54) is 0 Å². The number of amides is 1. The predicted octanol–water partition coefficient (Wildman–Crippen LogP) is 4.42. The summed E-state index contributed by atoms with van der Waals surface area (Å²) in [5.74, 6) is 1.48. The molecule has 0 saturated heterocycles. The van der Waals surface area contributed by atoms with E-state index in [4.69, 9.17) is 4.74 Å². The summed E-state index contributed by atoms with van der Waals surface area (Å²) < 4.78 is 7.85. The molecule has 5 nitrogen and oxygen atoms in total. The number of nitrogens with one attached hydrogen (secondary N) is 1. The van der Waals surface area contributed by atoms with E-state index in [-0.39, 0.29) is 5.91 Å². The molecule has 4 rings (SSSR count). The third-order valence-corrected chi connectivity index (χ3v) is 4.91. The van der Waals surface area contributed by atoms with Gasteiger partial charge in [-0.05, 0) is 54.4 Å². The van der Waals surface area contributed by atoms with Gasteiger partial charge in [0.2, 0.25) is 0 Å². The number of ether oxygens (including phenoxy) is 1. The number of fused-ring (bicyclic) bond motifs is 1. The predicted molar refractivity (Wildman–Crippen MR) is 114 cm³/mol. The number of carbonyl (C=O) groups excluding carboxylic acids is 1. The molecule has 3 aromatic carbocycles. The molecule has 1 N–H and O–H groups in total. The zero-order valence-corrected chi connectivity index (χ0v) is 16.5. The van der Waals surface area contributed by atoms with Crippen molar-refractivity contribution in [2.75, 3.05) is 0 Å². The number of aromatic nitrogens is 2. The Hall–Kier alpha value is -3.60. The summed E-state index contributed by atoms with van der Waals surface area (Å²) in [6.07, 6.45) is 3.13. The minimum atomic E-state index is -0.580. The number of hydrogen-bond acceptors (Lipinski definition) is 3. The molecule has 5 heteroatoms. The molecule has 1 aromatic heterocycles. The Bertz CT molecular complexity index is 1130. The average Bonchev–Trinajstić information content (AvgIpc) is 3.18. The fourth-order valence-corrected chi connectivity index (χ4v) is 3.26. The molecule has 1 atom stereocenters. The highest BCUT2D eigenvalue weighted by molar-refractivity contribution is 5.84. The van der Waals surface area contributed by atoms with Crippen LogP contribution in [0.15, 0.2) is 79.1 Å². The monoisotopic (exact) mass is 385 g/mol. The van der Waals surface area contributed by atoms with Gasteiger partial charge in [0.1, 0.15) is 11.6 Å². The number of imidazole rings is 1. The quantitative estimate of drug-likeness (QED) is 0.535. The summed E-state index contributed by atoms with van der Waals surface area (Å²) in [5.41, 5.74) is 2.07. The Morgan fingerprint density at radius 2 is 1.83 bits per heavy atom. The smallest absolute Gasteiger partial charge is 0.261 e. The van der Waals surface area contributed by atoms with Crippen molar-refractivity contribution >= 4 is 16.7 Å². The zero-order valence-electron chi connectivity index (χ0n) is 16.5. The normalized spacial score (nSPS) is 11.9. The van der Waals surface area contributed by atoms with E-state index >= 15 is 0 Å². The van der Waals surface area contributed by atoms with Gasteiger partial charge in [-0.1, -0.05) is 42.5 Å². The highest BCUT2D eigenvalue weighted by Gasteiger charge is 2.14. The molecular formula is C24H23N3O2. The van der Waals surface area contributed by atoms with Crippen molar-refractivity contribution in [3.05, 3.63) is 90.5 Å². The van der Waals surface area contributed by atoms with Crippen molar-refractivity contribution in [3.63, 3.8) is 0 Å². The molecule has 0 aliphatic carbocycles. The van der Waals surface area contributed by atoms with Crippen LogP contribution in [0.3, 0.4) is 0 Å². The Balaban J connectivity index is 1.34. The van der Waals surface area contributed by atoms with Crippen molar-refractivity contribution in [1.29, 1.82) is 0 Å². The van der Waals surface area contributed by atoms with Gasteiger partial charge in [0, 0.05) is 24.6 Å². The molecule has 1 heterocycles. The number of aryl methyl sites for hydroxylation is 1. The topological polar surface area (TPSA) is 56.2 Å². The molecule has 0 saturated carbocycles. The standard InChI is InChI=1S/C24H23N3O2/c1-17(29-23-12-9-20-5-3-4-6-21(20)15-23)24(28)26-16-19-7-10-22(11-8-19)27-14-13-25-18(27)2/h3-15,17H,16H2,1-2H3,(H,26,28)/t17-/m0/s1. The summed E-state index contributed by atoms with van der Waals surface area (Å²) in [5, 5.41) is 5.17. The molecule has 0 spiro atoms. The van der Waals surface area contributed by atoms with Gasteiger partial charge in [0.15, 0.2) is 6.10 Å². The fourth-order valence-electron chi connectivity index (χ4n) is 3.26. The van der Waals surface area contributed by atoms with Crippen molar-refractivity contribution in [2.45, 2.75) is 26.5 Å². The van der Waals surface area contributed by atoms with E-state index in [0.29, 0.717) is 12.3 Å². The molecular weight excluding hydrogens is 362 g/mol. The molecule has 146 valence electrons. The first-order valence-electron chi connectivity index (χ1n) is 9.62. The number of rotatable bonds is 6. The maximum atomic E-state index is 12.4. The van der Waals surface area contributed by atoms with Gasteiger partial charge in [0.05, 0.1) is 0 Å². The van der Waals surface area contributed by atoms with Crippen molar-refractivity contribution < 1.29 is 9.53 Å². The molecule has 4 aromatic rings. The van der Waals surface area contributed by atoms with E-state index in [9.17, 15) is 4.79 Å². The first-order valence-corrected chi connectivity index (χ1v) is 9.62. The summed E-state index contributed by atoms with van der Waals surface area (Å²) in [7, 11) is 0. The summed E-state index contributed by atoms with van der Waals surface area (Å²) in [6.45, 7) is 4.17. The fraction of sp³-hybridized carbons (Fsp3) is 0.167. The molecule has 29 heavy (non-hydrogen) atoms. The lowest BCUT2D eigenvalue weighted by Gasteiger charge is -2.15. The SMILES string of the molecule is Cc1nccn1-c1ccc(CNC(=O)[C@H](C)Oc2ccc3ccccc3c2)cc1. The Labute approximate surface area is 170 Å². The van der Waals surface area contributed by atoms with Crippen LogP contribution in [0, 0.1) is 6.92 Å². The van der Waals surface area contributed by atoms with Crippen LogP contribution in [-0.2, 0) is 11.3 Å². The minimum Gasteiger partial charge on any atom is -0.481 e. The molecule has 0 fully saturated rings.